The first kappa shape index (κ1) is 14.5. The van der Waals surface area contributed by atoms with E-state index in [0.29, 0.717) is 17.1 Å². The van der Waals surface area contributed by atoms with E-state index in [1.807, 2.05) is 19.9 Å². The fourth-order valence-corrected chi connectivity index (χ4v) is 1.64. The van der Waals surface area contributed by atoms with E-state index in [2.05, 4.69) is 20.6 Å². The molecule has 0 saturated carbocycles. The fraction of sp³-hybridized carbons (Fsp3) is 0.200. The normalized spacial score (nSPS) is 10.0. The number of benzene rings is 1. The van der Waals surface area contributed by atoms with Gasteiger partial charge in [0.1, 0.15) is 11.5 Å². The smallest absolute Gasteiger partial charge is 0.275 e. The van der Waals surface area contributed by atoms with Gasteiger partial charge in [-0.05, 0) is 38.1 Å². The molecule has 2 rings (SSSR count). The number of hydrogen-bond acceptors (Lipinski definition) is 5. The third-order valence-corrected chi connectivity index (χ3v) is 2.59. The van der Waals surface area contributed by atoms with E-state index >= 15 is 0 Å². The predicted molar refractivity (Wildman–Crippen MR) is 79.9 cm³/mol. The van der Waals surface area contributed by atoms with Gasteiger partial charge in [0.05, 0.1) is 24.0 Å². The van der Waals surface area contributed by atoms with Gasteiger partial charge >= 0.3 is 0 Å². The summed E-state index contributed by atoms with van der Waals surface area (Å²) in [5.74, 6) is 0.281. The maximum absolute atomic E-state index is 12.0. The van der Waals surface area contributed by atoms with Crippen LogP contribution in [-0.4, -0.2) is 21.9 Å². The molecule has 0 saturated heterocycles. The number of anilines is 2. The summed E-state index contributed by atoms with van der Waals surface area (Å²) < 4.78 is 0. The van der Waals surface area contributed by atoms with Crippen LogP contribution in [0, 0.1) is 11.3 Å². The molecule has 0 aliphatic carbocycles. The molecule has 0 radical (unpaired) electrons. The van der Waals surface area contributed by atoms with E-state index in [9.17, 15) is 4.79 Å². The molecular weight excluding hydrogens is 266 g/mol. The quantitative estimate of drug-likeness (QED) is 0.898. The molecule has 1 aromatic heterocycles. The van der Waals surface area contributed by atoms with Gasteiger partial charge in [-0.3, -0.25) is 4.79 Å². The lowest BCUT2D eigenvalue weighted by molar-refractivity contribution is 0.102. The molecule has 6 heteroatoms. The average Bonchev–Trinajstić information content (AvgIpc) is 2.48. The van der Waals surface area contributed by atoms with E-state index in [1.165, 1.54) is 12.4 Å². The minimum atomic E-state index is -0.344. The second kappa shape index (κ2) is 6.48. The molecule has 2 aromatic rings. The molecular formula is C15H15N5O. The Kier molecular flexibility index (Phi) is 4.46. The van der Waals surface area contributed by atoms with Crippen molar-refractivity contribution < 1.29 is 4.79 Å². The fourth-order valence-electron chi connectivity index (χ4n) is 1.64. The standard InChI is InChI=1S/C15H15N5O/c1-10(2)19-14-9-17-13(8-18-14)15(21)20-12-5-3-11(7-16)4-6-12/h3-6,8-10H,1-2H3,(H,18,19)(H,20,21). The second-order valence-electron chi connectivity index (χ2n) is 4.73. The minimum absolute atomic E-state index is 0.230. The van der Waals surface area contributed by atoms with E-state index < -0.39 is 0 Å². The van der Waals surface area contributed by atoms with Crippen molar-refractivity contribution in [3.8, 4) is 6.07 Å². The van der Waals surface area contributed by atoms with Crippen molar-refractivity contribution in [3.63, 3.8) is 0 Å². The van der Waals surface area contributed by atoms with E-state index in [1.54, 1.807) is 24.3 Å². The maximum atomic E-state index is 12.0. The van der Waals surface area contributed by atoms with Gasteiger partial charge in [-0.15, -0.1) is 0 Å². The first-order valence-corrected chi connectivity index (χ1v) is 6.48. The molecule has 0 bridgehead atoms. The number of carbonyl (C=O) groups is 1. The van der Waals surface area contributed by atoms with Crippen LogP contribution in [0.1, 0.15) is 29.9 Å². The van der Waals surface area contributed by atoms with Crippen molar-refractivity contribution in [3.05, 3.63) is 47.9 Å². The summed E-state index contributed by atoms with van der Waals surface area (Å²) >= 11 is 0. The molecule has 0 spiro atoms. The molecule has 21 heavy (non-hydrogen) atoms. The Balaban J connectivity index is 2.04. The van der Waals surface area contributed by atoms with Gasteiger partial charge in [0.25, 0.3) is 5.91 Å². The number of carbonyl (C=O) groups excluding carboxylic acids is 1. The first-order chi connectivity index (χ1) is 10.1. The van der Waals surface area contributed by atoms with Gasteiger partial charge in [0, 0.05) is 11.7 Å². The maximum Gasteiger partial charge on any atom is 0.275 e. The Bertz CT molecular complexity index is 656. The number of aromatic nitrogens is 2. The number of nitrogens with one attached hydrogen (secondary N) is 2. The lowest BCUT2D eigenvalue weighted by Crippen LogP contribution is -2.16. The molecule has 1 amide bonds. The zero-order valence-corrected chi connectivity index (χ0v) is 11.8. The molecule has 6 nitrogen and oxygen atoms in total. The molecule has 0 unspecified atom stereocenters. The van der Waals surface area contributed by atoms with Crippen LogP contribution >= 0.6 is 0 Å². The van der Waals surface area contributed by atoms with Crippen molar-refractivity contribution in [2.75, 3.05) is 10.6 Å². The van der Waals surface area contributed by atoms with Gasteiger partial charge in [-0.25, -0.2) is 9.97 Å². The Morgan fingerprint density at radius 2 is 1.90 bits per heavy atom. The van der Waals surface area contributed by atoms with E-state index in [-0.39, 0.29) is 17.6 Å². The van der Waals surface area contributed by atoms with Gasteiger partial charge in [0.15, 0.2) is 0 Å². The summed E-state index contributed by atoms with van der Waals surface area (Å²) in [7, 11) is 0. The van der Waals surface area contributed by atoms with Gasteiger partial charge in [0.2, 0.25) is 0 Å². The molecule has 0 aliphatic rings. The first-order valence-electron chi connectivity index (χ1n) is 6.48. The average molecular weight is 281 g/mol. The van der Waals surface area contributed by atoms with Crippen molar-refractivity contribution in [1.29, 1.82) is 5.26 Å². The van der Waals surface area contributed by atoms with Crippen molar-refractivity contribution in [2.24, 2.45) is 0 Å². The van der Waals surface area contributed by atoms with Crippen LogP contribution < -0.4 is 10.6 Å². The monoisotopic (exact) mass is 281 g/mol. The third-order valence-electron chi connectivity index (χ3n) is 2.59. The highest BCUT2D eigenvalue weighted by Gasteiger charge is 2.08. The summed E-state index contributed by atoms with van der Waals surface area (Å²) in [6.45, 7) is 3.99. The summed E-state index contributed by atoms with van der Waals surface area (Å²) in [5.41, 5.74) is 1.37. The van der Waals surface area contributed by atoms with Crippen LogP contribution in [0.5, 0.6) is 0 Å². The Morgan fingerprint density at radius 3 is 2.43 bits per heavy atom. The lowest BCUT2D eigenvalue weighted by Gasteiger charge is -2.09. The minimum Gasteiger partial charge on any atom is -0.367 e. The summed E-state index contributed by atoms with van der Waals surface area (Å²) in [6.07, 6.45) is 2.94. The SMILES string of the molecule is CC(C)Nc1cnc(C(=O)Nc2ccc(C#N)cc2)cn1. The van der Waals surface area contributed by atoms with Gasteiger partial charge in [-0.1, -0.05) is 0 Å². The lowest BCUT2D eigenvalue weighted by atomic mass is 10.2. The summed E-state index contributed by atoms with van der Waals surface area (Å²) in [4.78, 5) is 20.2. The van der Waals surface area contributed by atoms with Crippen molar-refractivity contribution >= 4 is 17.4 Å². The topological polar surface area (TPSA) is 90.7 Å². The van der Waals surface area contributed by atoms with Crippen LogP contribution in [-0.2, 0) is 0 Å². The molecule has 106 valence electrons. The van der Waals surface area contributed by atoms with E-state index in [0.717, 1.165) is 0 Å². The summed E-state index contributed by atoms with van der Waals surface area (Å²) in [6, 6.07) is 8.87. The Hall–Kier alpha value is -2.94. The number of nitrogens with zero attached hydrogens (tertiary/aromatic N) is 3. The largest absolute Gasteiger partial charge is 0.367 e. The second-order valence-corrected chi connectivity index (χ2v) is 4.73. The molecule has 0 fully saturated rings. The van der Waals surface area contributed by atoms with Crippen LogP contribution in [0.15, 0.2) is 36.7 Å². The summed E-state index contributed by atoms with van der Waals surface area (Å²) in [5, 5.41) is 14.5. The molecule has 1 aromatic carbocycles. The Labute approximate surface area is 122 Å². The molecule has 0 aliphatic heterocycles. The van der Waals surface area contributed by atoms with Crippen LogP contribution in [0.3, 0.4) is 0 Å². The van der Waals surface area contributed by atoms with E-state index in [4.69, 9.17) is 5.26 Å². The number of rotatable bonds is 4. The Morgan fingerprint density at radius 1 is 1.19 bits per heavy atom. The molecule has 1 heterocycles. The van der Waals surface area contributed by atoms with Crippen LogP contribution in [0.25, 0.3) is 0 Å². The third kappa shape index (κ3) is 4.01. The number of nitriles is 1. The predicted octanol–water partition coefficient (Wildman–Crippen LogP) is 2.42. The molecule has 0 atom stereocenters. The number of hydrogen-bond donors (Lipinski definition) is 2. The molecule has 2 N–H and O–H groups in total. The highest BCUT2D eigenvalue weighted by atomic mass is 16.1. The zero-order chi connectivity index (χ0) is 15.2. The van der Waals surface area contributed by atoms with Gasteiger partial charge in [-0.2, -0.15) is 5.26 Å². The van der Waals surface area contributed by atoms with Crippen LogP contribution in [0.4, 0.5) is 11.5 Å². The number of amides is 1. The van der Waals surface area contributed by atoms with Crippen molar-refractivity contribution in [2.45, 2.75) is 19.9 Å². The zero-order valence-electron chi connectivity index (χ0n) is 11.8. The van der Waals surface area contributed by atoms with Gasteiger partial charge < -0.3 is 10.6 Å². The van der Waals surface area contributed by atoms with Crippen LogP contribution in [0.2, 0.25) is 0 Å². The highest BCUT2D eigenvalue weighted by Crippen LogP contribution is 2.10. The highest BCUT2D eigenvalue weighted by molar-refractivity contribution is 6.02. The van der Waals surface area contributed by atoms with Crippen molar-refractivity contribution in [1.82, 2.24) is 9.97 Å².